The van der Waals surface area contributed by atoms with E-state index in [4.69, 9.17) is 10.7 Å². The van der Waals surface area contributed by atoms with Gasteiger partial charge in [0.25, 0.3) is 5.04 Å². The first-order valence-corrected chi connectivity index (χ1v) is 10.2. The maximum absolute atomic E-state index is 5.69. The molecule has 2 aromatic heterocycles. The maximum Gasteiger partial charge on any atom is 0.413 e. The number of nitrogens with two attached hydrogens (primary N) is 1. The summed E-state index contributed by atoms with van der Waals surface area (Å²) in [6.07, 6.45) is 4.60. The average Bonchev–Trinajstić information content (AvgIpc) is 3.09. The van der Waals surface area contributed by atoms with Crippen LogP contribution in [0, 0.1) is 5.92 Å². The smallest absolute Gasteiger partial charge is 0.360 e. The topological polar surface area (TPSA) is 72.0 Å². The molecule has 1 saturated heterocycles. The molecule has 0 saturated carbocycles. The van der Waals surface area contributed by atoms with E-state index in [9.17, 15) is 0 Å². The van der Waals surface area contributed by atoms with Gasteiger partial charge in [0.2, 0.25) is 0 Å². The Labute approximate surface area is 162 Å². The number of aromatic nitrogens is 2. The normalized spacial score (nSPS) is 19.6. The van der Waals surface area contributed by atoms with Crippen LogP contribution in [0.1, 0.15) is 25.3 Å². The SMILES string of the molecule is CC1CCCN(c2cccc(-c3c[nH]c4ccc(C5=[N+]=C(N)S5)cc34)n2)C1. The van der Waals surface area contributed by atoms with Crippen molar-refractivity contribution in [3.05, 3.63) is 48.2 Å². The Balaban J connectivity index is 1.54. The van der Waals surface area contributed by atoms with Crippen LogP contribution in [0.3, 0.4) is 0 Å². The van der Waals surface area contributed by atoms with Gasteiger partial charge in [-0.25, -0.2) is 4.98 Å². The molecule has 3 aromatic rings. The van der Waals surface area contributed by atoms with Gasteiger partial charge in [0.15, 0.2) is 0 Å². The molecule has 0 spiro atoms. The van der Waals surface area contributed by atoms with Gasteiger partial charge < -0.3 is 9.88 Å². The molecule has 5 rings (SSSR count). The Kier molecular flexibility index (Phi) is 3.96. The first-order valence-electron chi connectivity index (χ1n) is 9.40. The number of aromatic amines is 1. The summed E-state index contributed by atoms with van der Waals surface area (Å²) >= 11 is 1.53. The minimum absolute atomic E-state index is 0.629. The summed E-state index contributed by atoms with van der Waals surface area (Å²) in [6, 6.07) is 12.7. The largest absolute Gasteiger partial charge is 0.413 e. The molecule has 2 aliphatic heterocycles. The molecule has 6 heteroatoms. The molecule has 27 heavy (non-hydrogen) atoms. The van der Waals surface area contributed by atoms with Crippen LogP contribution in [-0.2, 0) is 0 Å². The van der Waals surface area contributed by atoms with Gasteiger partial charge in [0.05, 0.1) is 17.5 Å². The van der Waals surface area contributed by atoms with Gasteiger partial charge >= 0.3 is 5.17 Å². The Bertz CT molecular complexity index is 1090. The number of rotatable bonds is 3. The quantitative estimate of drug-likeness (QED) is 0.688. The molecule has 1 aromatic carbocycles. The Morgan fingerprint density at radius 2 is 2.19 bits per heavy atom. The zero-order valence-corrected chi connectivity index (χ0v) is 16.1. The molecule has 0 radical (unpaired) electrons. The van der Waals surface area contributed by atoms with E-state index >= 15 is 0 Å². The summed E-state index contributed by atoms with van der Waals surface area (Å²) in [7, 11) is 0. The summed E-state index contributed by atoms with van der Waals surface area (Å²) in [5.41, 5.74) is 10.0. The molecule has 0 aliphatic carbocycles. The number of H-pyrrole nitrogens is 1. The van der Waals surface area contributed by atoms with Gasteiger partial charge in [-0.2, -0.15) is 4.67 Å². The third kappa shape index (κ3) is 3.01. The highest BCUT2D eigenvalue weighted by atomic mass is 32.2. The predicted octanol–water partition coefficient (Wildman–Crippen LogP) is 3.34. The van der Waals surface area contributed by atoms with Crippen molar-refractivity contribution in [3.8, 4) is 11.3 Å². The first kappa shape index (κ1) is 16.5. The minimum atomic E-state index is 0.629. The second-order valence-electron chi connectivity index (χ2n) is 7.39. The highest BCUT2D eigenvalue weighted by Gasteiger charge is 2.25. The molecule has 136 valence electrons. The molecule has 1 atom stereocenters. The van der Waals surface area contributed by atoms with E-state index in [2.05, 4.69) is 64.1 Å². The number of nitrogens with one attached hydrogen (secondary N) is 1. The zero-order chi connectivity index (χ0) is 18.4. The molecular formula is C21H22N5S+. The fraction of sp³-hybridized carbons (Fsp3) is 0.286. The van der Waals surface area contributed by atoms with E-state index in [1.807, 2.05) is 0 Å². The Morgan fingerprint density at radius 3 is 3.00 bits per heavy atom. The number of benzene rings is 1. The third-order valence-corrected chi connectivity index (χ3v) is 6.15. The monoisotopic (exact) mass is 376 g/mol. The van der Waals surface area contributed by atoms with Gasteiger partial charge in [-0.3, -0.25) is 5.73 Å². The summed E-state index contributed by atoms with van der Waals surface area (Å²) in [5.74, 6) is 1.80. The maximum atomic E-state index is 5.69. The number of nitrogens with zero attached hydrogens (tertiary/aromatic N) is 3. The number of pyridine rings is 1. The lowest BCUT2D eigenvalue weighted by Gasteiger charge is -2.32. The van der Waals surface area contributed by atoms with Crippen molar-refractivity contribution >= 4 is 38.7 Å². The van der Waals surface area contributed by atoms with Crippen LogP contribution < -0.4 is 15.3 Å². The lowest BCUT2D eigenvalue weighted by atomic mass is 10.0. The van der Waals surface area contributed by atoms with Gasteiger partial charge in [-0.15, -0.1) is 0 Å². The predicted molar refractivity (Wildman–Crippen MR) is 115 cm³/mol. The molecule has 3 N–H and O–H groups in total. The molecule has 1 fully saturated rings. The van der Waals surface area contributed by atoms with Crippen LogP contribution >= 0.6 is 11.8 Å². The van der Waals surface area contributed by atoms with Crippen molar-refractivity contribution in [2.75, 3.05) is 18.0 Å². The second-order valence-corrected chi connectivity index (χ2v) is 8.40. The van der Waals surface area contributed by atoms with Crippen LogP contribution in [0.25, 0.3) is 22.2 Å². The van der Waals surface area contributed by atoms with Gasteiger partial charge in [-0.1, -0.05) is 13.0 Å². The lowest BCUT2D eigenvalue weighted by Crippen LogP contribution is -2.34. The third-order valence-electron chi connectivity index (χ3n) is 5.33. The van der Waals surface area contributed by atoms with Crippen LogP contribution in [0.5, 0.6) is 0 Å². The van der Waals surface area contributed by atoms with Crippen molar-refractivity contribution in [2.24, 2.45) is 11.7 Å². The Hall–Kier alpha value is -2.69. The zero-order valence-electron chi connectivity index (χ0n) is 15.3. The molecular weight excluding hydrogens is 354 g/mol. The number of anilines is 1. The van der Waals surface area contributed by atoms with Gasteiger partial charge in [0, 0.05) is 41.3 Å². The first-order chi connectivity index (χ1) is 13.2. The van der Waals surface area contributed by atoms with Crippen LogP contribution in [-0.4, -0.2) is 33.3 Å². The molecule has 1 unspecified atom stereocenters. The van der Waals surface area contributed by atoms with E-state index in [-0.39, 0.29) is 0 Å². The van der Waals surface area contributed by atoms with E-state index in [0.29, 0.717) is 5.17 Å². The van der Waals surface area contributed by atoms with Gasteiger partial charge in [0.1, 0.15) is 5.82 Å². The average molecular weight is 377 g/mol. The van der Waals surface area contributed by atoms with Crippen molar-refractivity contribution < 1.29 is 0 Å². The molecule has 4 heterocycles. The van der Waals surface area contributed by atoms with Crippen molar-refractivity contribution in [2.45, 2.75) is 19.8 Å². The van der Waals surface area contributed by atoms with Crippen molar-refractivity contribution in [1.29, 1.82) is 0 Å². The number of thioether (sulfide) groups is 1. The fourth-order valence-corrected chi connectivity index (χ4v) is 4.53. The van der Waals surface area contributed by atoms with Crippen LogP contribution in [0.2, 0.25) is 0 Å². The van der Waals surface area contributed by atoms with E-state index in [1.165, 1.54) is 24.6 Å². The van der Waals surface area contributed by atoms with Gasteiger partial charge in [-0.05, 0) is 49.1 Å². The summed E-state index contributed by atoms with van der Waals surface area (Å²) < 4.78 is 4.31. The standard InChI is InChI=1S/C21H21N5S/c1-13-4-3-9-26(12-13)19-6-2-5-18(24-19)16-11-23-17-8-7-14(10-15(16)17)20-25-21(22)27-20/h2,5-8,10-11,13H,3-4,9,12H2,1H3,(H2,22,23,24,25)/p+1. The van der Waals surface area contributed by atoms with Crippen LogP contribution in [0.15, 0.2) is 42.6 Å². The Morgan fingerprint density at radius 1 is 1.30 bits per heavy atom. The minimum Gasteiger partial charge on any atom is -0.360 e. The van der Waals surface area contributed by atoms with Crippen molar-refractivity contribution in [1.82, 2.24) is 14.6 Å². The molecule has 2 aliphatic rings. The van der Waals surface area contributed by atoms with E-state index in [0.717, 1.165) is 57.6 Å². The number of piperidine rings is 1. The van der Waals surface area contributed by atoms with Crippen LogP contribution in [0.4, 0.5) is 5.82 Å². The molecule has 5 nitrogen and oxygen atoms in total. The fourth-order valence-electron chi connectivity index (χ4n) is 3.94. The summed E-state index contributed by atoms with van der Waals surface area (Å²) in [5, 5.41) is 2.77. The number of hydrogen-bond acceptors (Lipinski definition) is 4. The summed E-state index contributed by atoms with van der Waals surface area (Å²) in [6.45, 7) is 4.50. The lowest BCUT2D eigenvalue weighted by molar-refractivity contribution is 0.444. The molecule has 0 amide bonds. The molecule has 0 bridgehead atoms. The van der Waals surface area contributed by atoms with E-state index < -0.39 is 0 Å². The highest BCUT2D eigenvalue weighted by Crippen LogP contribution is 2.31. The van der Waals surface area contributed by atoms with Crippen molar-refractivity contribution in [3.63, 3.8) is 0 Å². The second kappa shape index (κ2) is 6.48. The highest BCUT2D eigenvalue weighted by molar-refractivity contribution is 8.28. The van der Waals surface area contributed by atoms with E-state index in [1.54, 1.807) is 0 Å². The summed E-state index contributed by atoms with van der Waals surface area (Å²) in [4.78, 5) is 10.8. The number of hydrogen-bond donors (Lipinski definition) is 2. The number of fused-ring (bicyclic) bond motifs is 1. The number of amidine groups is 1.